The number of aliphatic hydroxyl groups is 2. The highest BCUT2D eigenvalue weighted by atomic mass is 16.3. The van der Waals surface area contributed by atoms with E-state index < -0.39 is 11.6 Å². The molecular formula is C15H22N2O3. The van der Waals surface area contributed by atoms with E-state index in [1.54, 1.807) is 0 Å². The standard InChI is InChI=1S/C15H22N2O3/c1-2-15(9-18,10-19)17-13-8-7-11-5-3-4-6-12(11)16-14(13)20/h3-6,13,17-19H,2,7-10H2,1H3,(H,16,20). The Morgan fingerprint density at radius 1 is 1.35 bits per heavy atom. The van der Waals surface area contributed by atoms with Crippen LogP contribution in [0.25, 0.3) is 0 Å². The minimum atomic E-state index is -0.807. The third-order valence-electron chi connectivity index (χ3n) is 4.06. The van der Waals surface area contributed by atoms with Crippen molar-refractivity contribution in [3.63, 3.8) is 0 Å². The van der Waals surface area contributed by atoms with Gasteiger partial charge < -0.3 is 15.5 Å². The van der Waals surface area contributed by atoms with Crippen LogP contribution < -0.4 is 10.6 Å². The number of carbonyl (C=O) groups excluding carboxylic acids is 1. The third-order valence-corrected chi connectivity index (χ3v) is 4.06. The average molecular weight is 278 g/mol. The number of nitrogens with one attached hydrogen (secondary N) is 2. The van der Waals surface area contributed by atoms with Crippen LogP contribution in [0.5, 0.6) is 0 Å². The molecule has 0 saturated carbocycles. The minimum absolute atomic E-state index is 0.116. The largest absolute Gasteiger partial charge is 0.394 e. The molecule has 1 unspecified atom stereocenters. The summed E-state index contributed by atoms with van der Waals surface area (Å²) in [5, 5.41) is 25.0. The molecule has 1 amide bonds. The Morgan fingerprint density at radius 2 is 2.05 bits per heavy atom. The molecule has 0 fully saturated rings. The van der Waals surface area contributed by atoms with Gasteiger partial charge in [0.05, 0.1) is 24.8 Å². The van der Waals surface area contributed by atoms with E-state index in [4.69, 9.17) is 0 Å². The fourth-order valence-corrected chi connectivity index (χ4v) is 2.49. The average Bonchev–Trinajstić information content (AvgIpc) is 2.64. The lowest BCUT2D eigenvalue weighted by Gasteiger charge is -2.33. The van der Waals surface area contributed by atoms with Gasteiger partial charge in [-0.15, -0.1) is 0 Å². The van der Waals surface area contributed by atoms with E-state index in [0.29, 0.717) is 12.8 Å². The highest BCUT2D eigenvalue weighted by Crippen LogP contribution is 2.23. The monoisotopic (exact) mass is 278 g/mol. The molecular weight excluding hydrogens is 256 g/mol. The van der Waals surface area contributed by atoms with Gasteiger partial charge in [-0.1, -0.05) is 25.1 Å². The molecule has 20 heavy (non-hydrogen) atoms. The molecule has 0 saturated heterocycles. The van der Waals surface area contributed by atoms with Crippen LogP contribution in [0.15, 0.2) is 24.3 Å². The molecule has 1 atom stereocenters. The van der Waals surface area contributed by atoms with E-state index in [-0.39, 0.29) is 19.1 Å². The summed E-state index contributed by atoms with van der Waals surface area (Å²) in [7, 11) is 0. The summed E-state index contributed by atoms with van der Waals surface area (Å²) in [5.74, 6) is -0.116. The summed E-state index contributed by atoms with van der Waals surface area (Å²) in [5.41, 5.74) is 1.15. The van der Waals surface area contributed by atoms with Crippen LogP contribution in [0, 0.1) is 0 Å². The van der Waals surface area contributed by atoms with Crippen LogP contribution in [-0.4, -0.2) is 40.9 Å². The van der Waals surface area contributed by atoms with Crippen LogP contribution in [0.2, 0.25) is 0 Å². The first kappa shape index (κ1) is 15.0. The van der Waals surface area contributed by atoms with Crippen LogP contribution in [0.3, 0.4) is 0 Å². The van der Waals surface area contributed by atoms with Gasteiger partial charge in [0.25, 0.3) is 0 Å². The molecule has 1 aliphatic heterocycles. The highest BCUT2D eigenvalue weighted by molar-refractivity contribution is 5.96. The van der Waals surface area contributed by atoms with Crippen molar-refractivity contribution in [1.82, 2.24) is 5.32 Å². The number of para-hydroxylation sites is 1. The molecule has 1 aliphatic rings. The minimum Gasteiger partial charge on any atom is -0.394 e. The van der Waals surface area contributed by atoms with Gasteiger partial charge in [-0.2, -0.15) is 0 Å². The SMILES string of the molecule is CCC(CO)(CO)NC1CCc2ccccc2NC1=O. The Kier molecular flexibility index (Phi) is 4.75. The predicted molar refractivity (Wildman–Crippen MR) is 77.5 cm³/mol. The van der Waals surface area contributed by atoms with Crippen molar-refractivity contribution in [3.05, 3.63) is 29.8 Å². The van der Waals surface area contributed by atoms with Gasteiger partial charge in [0.15, 0.2) is 0 Å². The molecule has 0 bridgehead atoms. The molecule has 110 valence electrons. The first-order valence-corrected chi connectivity index (χ1v) is 7.02. The molecule has 5 heteroatoms. The van der Waals surface area contributed by atoms with Crippen molar-refractivity contribution in [3.8, 4) is 0 Å². The normalized spacial score (nSPS) is 19.1. The topological polar surface area (TPSA) is 81.6 Å². The zero-order chi connectivity index (χ0) is 14.6. The van der Waals surface area contributed by atoms with E-state index >= 15 is 0 Å². The summed E-state index contributed by atoms with van der Waals surface area (Å²) in [6, 6.07) is 7.33. The van der Waals surface area contributed by atoms with Gasteiger partial charge in [-0.3, -0.25) is 10.1 Å². The van der Waals surface area contributed by atoms with Crippen molar-refractivity contribution in [2.24, 2.45) is 0 Å². The summed E-state index contributed by atoms with van der Waals surface area (Å²) < 4.78 is 0. The molecule has 1 heterocycles. The van der Waals surface area contributed by atoms with E-state index in [1.807, 2.05) is 31.2 Å². The van der Waals surface area contributed by atoms with E-state index in [0.717, 1.165) is 17.7 Å². The first-order chi connectivity index (χ1) is 9.64. The molecule has 0 spiro atoms. The van der Waals surface area contributed by atoms with Crippen LogP contribution >= 0.6 is 0 Å². The number of hydrogen-bond acceptors (Lipinski definition) is 4. The number of anilines is 1. The van der Waals surface area contributed by atoms with Gasteiger partial charge in [-0.05, 0) is 30.9 Å². The molecule has 2 rings (SSSR count). The molecule has 5 nitrogen and oxygen atoms in total. The number of fused-ring (bicyclic) bond motifs is 1. The maximum atomic E-state index is 12.3. The summed E-state index contributed by atoms with van der Waals surface area (Å²) in [6.07, 6.45) is 1.98. The van der Waals surface area contributed by atoms with Crippen molar-refractivity contribution in [1.29, 1.82) is 0 Å². The lowest BCUT2D eigenvalue weighted by atomic mass is 9.95. The zero-order valence-corrected chi connectivity index (χ0v) is 11.7. The summed E-state index contributed by atoms with van der Waals surface area (Å²) >= 11 is 0. The van der Waals surface area contributed by atoms with Crippen LogP contribution in [0.4, 0.5) is 5.69 Å². The second kappa shape index (κ2) is 6.35. The number of rotatable bonds is 5. The Balaban J connectivity index is 2.14. The van der Waals surface area contributed by atoms with Gasteiger partial charge >= 0.3 is 0 Å². The molecule has 0 aromatic heterocycles. The van der Waals surface area contributed by atoms with Crippen molar-refractivity contribution >= 4 is 11.6 Å². The number of aryl methyl sites for hydroxylation is 1. The second-order valence-electron chi connectivity index (χ2n) is 5.33. The molecule has 0 aliphatic carbocycles. The number of hydrogen-bond donors (Lipinski definition) is 4. The third kappa shape index (κ3) is 3.00. The second-order valence-corrected chi connectivity index (χ2v) is 5.33. The van der Waals surface area contributed by atoms with Crippen molar-refractivity contribution in [2.75, 3.05) is 18.5 Å². The van der Waals surface area contributed by atoms with Gasteiger partial charge in [0.2, 0.25) is 5.91 Å². The fourth-order valence-electron chi connectivity index (χ4n) is 2.49. The smallest absolute Gasteiger partial charge is 0.241 e. The van der Waals surface area contributed by atoms with Gasteiger partial charge in [0, 0.05) is 5.69 Å². The number of benzene rings is 1. The maximum absolute atomic E-state index is 12.3. The van der Waals surface area contributed by atoms with Crippen LogP contribution in [0.1, 0.15) is 25.3 Å². The first-order valence-electron chi connectivity index (χ1n) is 7.02. The quantitative estimate of drug-likeness (QED) is 0.638. The van der Waals surface area contributed by atoms with Crippen LogP contribution in [-0.2, 0) is 11.2 Å². The Labute approximate surface area is 119 Å². The molecule has 1 aromatic rings. The molecule has 4 N–H and O–H groups in total. The van der Waals surface area contributed by atoms with Gasteiger partial charge in [0.1, 0.15) is 0 Å². The zero-order valence-electron chi connectivity index (χ0n) is 11.7. The number of amides is 1. The predicted octanol–water partition coefficient (Wildman–Crippen LogP) is 0.663. The summed E-state index contributed by atoms with van der Waals surface area (Å²) in [4.78, 5) is 12.3. The Hall–Kier alpha value is -1.43. The highest BCUT2D eigenvalue weighted by Gasteiger charge is 2.33. The van der Waals surface area contributed by atoms with Crippen molar-refractivity contribution < 1.29 is 15.0 Å². The lowest BCUT2D eigenvalue weighted by Crippen LogP contribution is -2.58. The fraction of sp³-hybridized carbons (Fsp3) is 0.533. The molecule has 1 aromatic carbocycles. The van der Waals surface area contributed by atoms with E-state index in [2.05, 4.69) is 10.6 Å². The van der Waals surface area contributed by atoms with E-state index in [1.165, 1.54) is 0 Å². The number of aliphatic hydroxyl groups excluding tert-OH is 2. The van der Waals surface area contributed by atoms with Gasteiger partial charge in [-0.25, -0.2) is 0 Å². The van der Waals surface area contributed by atoms with E-state index in [9.17, 15) is 15.0 Å². The lowest BCUT2D eigenvalue weighted by molar-refractivity contribution is -0.119. The molecule has 0 radical (unpaired) electrons. The Bertz CT molecular complexity index is 464. The van der Waals surface area contributed by atoms with Crippen molar-refractivity contribution in [2.45, 2.75) is 37.8 Å². The Morgan fingerprint density at radius 3 is 2.70 bits per heavy atom. The number of carbonyl (C=O) groups is 1. The maximum Gasteiger partial charge on any atom is 0.241 e. The summed E-state index contributed by atoms with van der Waals surface area (Å²) in [6.45, 7) is 1.48.